The SMILES string of the molecule is CNCCC(=O)NCCC(=O)NC1CC1. The Hall–Kier alpha value is -1.10. The summed E-state index contributed by atoms with van der Waals surface area (Å²) in [5.74, 6) is 0.0231. The molecule has 86 valence electrons. The zero-order chi connectivity index (χ0) is 11.1. The minimum atomic E-state index is -0.0106. The Morgan fingerprint density at radius 2 is 1.80 bits per heavy atom. The minimum Gasteiger partial charge on any atom is -0.356 e. The third kappa shape index (κ3) is 6.06. The summed E-state index contributed by atoms with van der Waals surface area (Å²) < 4.78 is 0. The normalized spacial score (nSPS) is 14.7. The van der Waals surface area contributed by atoms with Crippen molar-refractivity contribution < 1.29 is 9.59 Å². The highest BCUT2D eigenvalue weighted by Crippen LogP contribution is 2.18. The van der Waals surface area contributed by atoms with E-state index in [4.69, 9.17) is 0 Å². The van der Waals surface area contributed by atoms with E-state index in [1.54, 1.807) is 7.05 Å². The lowest BCUT2D eigenvalue weighted by molar-refractivity contribution is -0.122. The van der Waals surface area contributed by atoms with Crippen molar-refractivity contribution in [3.63, 3.8) is 0 Å². The molecular weight excluding hydrogens is 194 g/mol. The van der Waals surface area contributed by atoms with Gasteiger partial charge >= 0.3 is 0 Å². The largest absolute Gasteiger partial charge is 0.356 e. The second-order valence-corrected chi connectivity index (χ2v) is 3.80. The van der Waals surface area contributed by atoms with Crippen LogP contribution >= 0.6 is 0 Å². The molecule has 5 nitrogen and oxygen atoms in total. The Morgan fingerprint density at radius 1 is 1.13 bits per heavy atom. The van der Waals surface area contributed by atoms with Gasteiger partial charge in [-0.2, -0.15) is 0 Å². The van der Waals surface area contributed by atoms with E-state index in [-0.39, 0.29) is 11.8 Å². The van der Waals surface area contributed by atoms with Gasteiger partial charge in [0.1, 0.15) is 0 Å². The highest BCUT2D eigenvalue weighted by atomic mass is 16.2. The van der Waals surface area contributed by atoms with E-state index in [9.17, 15) is 9.59 Å². The van der Waals surface area contributed by atoms with Gasteiger partial charge < -0.3 is 16.0 Å². The Labute approximate surface area is 90.0 Å². The van der Waals surface area contributed by atoms with Crippen molar-refractivity contribution in [1.82, 2.24) is 16.0 Å². The van der Waals surface area contributed by atoms with Crippen LogP contribution in [0.4, 0.5) is 0 Å². The molecule has 1 aliphatic rings. The smallest absolute Gasteiger partial charge is 0.221 e. The van der Waals surface area contributed by atoms with Crippen LogP contribution in [-0.2, 0) is 9.59 Å². The van der Waals surface area contributed by atoms with E-state index < -0.39 is 0 Å². The van der Waals surface area contributed by atoms with E-state index in [0.717, 1.165) is 12.8 Å². The van der Waals surface area contributed by atoms with Crippen LogP contribution in [0.25, 0.3) is 0 Å². The van der Waals surface area contributed by atoms with Gasteiger partial charge in [-0.15, -0.1) is 0 Å². The average molecular weight is 213 g/mol. The van der Waals surface area contributed by atoms with Crippen LogP contribution in [0.3, 0.4) is 0 Å². The van der Waals surface area contributed by atoms with Crippen molar-refractivity contribution in [2.45, 2.75) is 31.7 Å². The molecule has 1 rings (SSSR count). The molecule has 0 unspecified atom stereocenters. The molecule has 1 fully saturated rings. The zero-order valence-corrected chi connectivity index (χ0v) is 9.14. The number of carbonyl (C=O) groups is 2. The second-order valence-electron chi connectivity index (χ2n) is 3.80. The van der Waals surface area contributed by atoms with Crippen LogP contribution < -0.4 is 16.0 Å². The monoisotopic (exact) mass is 213 g/mol. The predicted molar refractivity (Wildman–Crippen MR) is 57.3 cm³/mol. The molecule has 2 amide bonds. The Morgan fingerprint density at radius 3 is 2.40 bits per heavy atom. The lowest BCUT2D eigenvalue weighted by atomic mass is 10.3. The van der Waals surface area contributed by atoms with Gasteiger partial charge in [0, 0.05) is 32.0 Å². The summed E-state index contributed by atoms with van der Waals surface area (Å²) in [7, 11) is 1.80. The molecule has 0 spiro atoms. The third-order valence-corrected chi connectivity index (χ3v) is 2.22. The fourth-order valence-corrected chi connectivity index (χ4v) is 1.17. The minimum absolute atomic E-state index is 0.0106. The fraction of sp³-hybridized carbons (Fsp3) is 0.800. The summed E-state index contributed by atoms with van der Waals surface area (Å²) in [5.41, 5.74) is 0. The van der Waals surface area contributed by atoms with E-state index in [2.05, 4.69) is 16.0 Å². The molecule has 0 aromatic rings. The number of hydrogen-bond donors (Lipinski definition) is 3. The highest BCUT2D eigenvalue weighted by Gasteiger charge is 2.22. The number of amides is 2. The number of nitrogens with one attached hydrogen (secondary N) is 3. The van der Waals surface area contributed by atoms with E-state index >= 15 is 0 Å². The van der Waals surface area contributed by atoms with Crippen LogP contribution in [0.1, 0.15) is 25.7 Å². The number of hydrogen-bond acceptors (Lipinski definition) is 3. The molecule has 0 atom stereocenters. The van der Waals surface area contributed by atoms with Crippen molar-refractivity contribution in [2.24, 2.45) is 0 Å². The Balaban J connectivity index is 1.94. The summed E-state index contributed by atoms with van der Waals surface area (Å²) >= 11 is 0. The molecule has 0 bridgehead atoms. The molecule has 0 radical (unpaired) electrons. The van der Waals surface area contributed by atoms with Crippen molar-refractivity contribution in [2.75, 3.05) is 20.1 Å². The number of rotatable bonds is 7. The molecular formula is C10H19N3O2. The van der Waals surface area contributed by atoms with Gasteiger partial charge in [0.2, 0.25) is 11.8 Å². The van der Waals surface area contributed by atoms with Gasteiger partial charge in [0.05, 0.1) is 0 Å². The van der Waals surface area contributed by atoms with Crippen LogP contribution in [-0.4, -0.2) is 38.0 Å². The lowest BCUT2D eigenvalue weighted by Crippen LogP contribution is -2.32. The summed E-state index contributed by atoms with van der Waals surface area (Å²) in [6, 6.07) is 0.400. The molecule has 1 saturated carbocycles. The van der Waals surface area contributed by atoms with Crippen LogP contribution in [0.5, 0.6) is 0 Å². The first-order chi connectivity index (χ1) is 7.22. The van der Waals surface area contributed by atoms with Crippen LogP contribution in [0.15, 0.2) is 0 Å². The molecule has 0 saturated heterocycles. The van der Waals surface area contributed by atoms with E-state index in [0.29, 0.717) is 32.0 Å². The molecule has 5 heteroatoms. The first kappa shape index (κ1) is 12.0. The lowest BCUT2D eigenvalue weighted by Gasteiger charge is -2.05. The molecule has 0 aromatic carbocycles. The first-order valence-electron chi connectivity index (χ1n) is 5.43. The van der Waals surface area contributed by atoms with Crippen molar-refractivity contribution >= 4 is 11.8 Å². The van der Waals surface area contributed by atoms with Crippen molar-refractivity contribution in [1.29, 1.82) is 0 Å². The van der Waals surface area contributed by atoms with E-state index in [1.807, 2.05) is 0 Å². The zero-order valence-electron chi connectivity index (χ0n) is 9.14. The van der Waals surface area contributed by atoms with Gasteiger partial charge in [0.15, 0.2) is 0 Å². The van der Waals surface area contributed by atoms with Crippen molar-refractivity contribution in [3.8, 4) is 0 Å². The summed E-state index contributed by atoms with van der Waals surface area (Å²) in [6.45, 7) is 1.10. The van der Waals surface area contributed by atoms with Crippen LogP contribution in [0.2, 0.25) is 0 Å². The van der Waals surface area contributed by atoms with Gasteiger partial charge in [0.25, 0.3) is 0 Å². The fourth-order valence-electron chi connectivity index (χ4n) is 1.17. The Bertz CT molecular complexity index is 227. The molecule has 3 N–H and O–H groups in total. The topological polar surface area (TPSA) is 70.2 Å². The van der Waals surface area contributed by atoms with Gasteiger partial charge in [-0.05, 0) is 19.9 Å². The van der Waals surface area contributed by atoms with E-state index in [1.165, 1.54) is 0 Å². The second kappa shape index (κ2) is 6.40. The molecule has 15 heavy (non-hydrogen) atoms. The average Bonchev–Trinajstić information content (AvgIpc) is 2.98. The summed E-state index contributed by atoms with van der Waals surface area (Å²) in [5, 5.41) is 8.46. The molecule has 1 aliphatic carbocycles. The predicted octanol–water partition coefficient (Wildman–Crippen LogP) is -0.619. The number of carbonyl (C=O) groups excluding carboxylic acids is 2. The Kier molecular flexibility index (Phi) is 5.10. The molecule has 0 heterocycles. The summed E-state index contributed by atoms with van der Waals surface area (Å²) in [4.78, 5) is 22.3. The maximum Gasteiger partial charge on any atom is 0.221 e. The maximum atomic E-state index is 11.2. The highest BCUT2D eigenvalue weighted by molar-refractivity contribution is 5.79. The van der Waals surface area contributed by atoms with Crippen LogP contribution in [0, 0.1) is 0 Å². The van der Waals surface area contributed by atoms with Gasteiger partial charge in [-0.1, -0.05) is 0 Å². The molecule has 0 aromatic heterocycles. The quantitative estimate of drug-likeness (QED) is 0.528. The van der Waals surface area contributed by atoms with Gasteiger partial charge in [-0.3, -0.25) is 9.59 Å². The molecule has 0 aliphatic heterocycles. The first-order valence-corrected chi connectivity index (χ1v) is 5.43. The third-order valence-electron chi connectivity index (χ3n) is 2.22. The van der Waals surface area contributed by atoms with Gasteiger partial charge in [-0.25, -0.2) is 0 Å². The summed E-state index contributed by atoms with van der Waals surface area (Å²) in [6.07, 6.45) is 3.03. The maximum absolute atomic E-state index is 11.2. The van der Waals surface area contributed by atoms with Crippen molar-refractivity contribution in [3.05, 3.63) is 0 Å². The standard InChI is InChI=1S/C10H19N3O2/c1-11-6-4-9(14)12-7-5-10(15)13-8-2-3-8/h8,11H,2-7H2,1H3,(H,12,14)(H,13,15).